The van der Waals surface area contributed by atoms with Gasteiger partial charge in [0.2, 0.25) is 0 Å². The lowest BCUT2D eigenvalue weighted by molar-refractivity contribution is 0.102. The first-order valence-corrected chi connectivity index (χ1v) is 10.7. The highest BCUT2D eigenvalue weighted by Gasteiger charge is 2.24. The quantitative estimate of drug-likeness (QED) is 0.537. The summed E-state index contributed by atoms with van der Waals surface area (Å²) in [5.41, 5.74) is 4.08. The minimum Gasteiger partial charge on any atom is -0.319 e. The fourth-order valence-corrected chi connectivity index (χ4v) is 4.15. The average Bonchev–Trinajstić information content (AvgIpc) is 3.39. The summed E-state index contributed by atoms with van der Waals surface area (Å²) < 4.78 is 3.59. The lowest BCUT2D eigenvalue weighted by atomic mass is 9.87. The van der Waals surface area contributed by atoms with E-state index in [1.54, 1.807) is 23.0 Å². The molecule has 0 spiro atoms. The maximum absolute atomic E-state index is 13.1. The average molecular weight is 416 g/mol. The molecule has 4 aromatic heterocycles. The van der Waals surface area contributed by atoms with Crippen molar-refractivity contribution < 1.29 is 4.79 Å². The van der Waals surface area contributed by atoms with Gasteiger partial charge in [0.25, 0.3) is 5.91 Å². The Labute approximate surface area is 180 Å². The van der Waals surface area contributed by atoms with Crippen LogP contribution in [0.5, 0.6) is 0 Å². The molecule has 1 aliphatic carbocycles. The van der Waals surface area contributed by atoms with E-state index >= 15 is 0 Å². The standard InChI is InChI=1S/C23H25N7O/c1-15-4-7-17(8-5-15)30-14-20(21(28-30)19-9-6-16(2)12-25-19)27-23(31)18-13-26-29-11-3-10-24-22(18)29/h3,6,9-15,17H,4-5,7-8H2,1-2H3,(H,27,31)/t15-,17-. The van der Waals surface area contributed by atoms with Crippen LogP contribution >= 0.6 is 0 Å². The molecule has 4 aromatic rings. The molecule has 0 radical (unpaired) electrons. The summed E-state index contributed by atoms with van der Waals surface area (Å²) in [5, 5.41) is 12.1. The smallest absolute Gasteiger partial charge is 0.261 e. The van der Waals surface area contributed by atoms with Crippen molar-refractivity contribution in [1.29, 1.82) is 0 Å². The van der Waals surface area contributed by atoms with E-state index in [0.29, 0.717) is 28.6 Å². The van der Waals surface area contributed by atoms with Gasteiger partial charge in [0.1, 0.15) is 11.3 Å². The Hall–Kier alpha value is -3.55. The molecular weight excluding hydrogens is 390 g/mol. The van der Waals surface area contributed by atoms with Gasteiger partial charge in [0.05, 0.1) is 23.6 Å². The van der Waals surface area contributed by atoms with Crippen LogP contribution in [0.4, 0.5) is 5.69 Å². The van der Waals surface area contributed by atoms with Crippen LogP contribution in [0.2, 0.25) is 0 Å². The van der Waals surface area contributed by atoms with Crippen LogP contribution < -0.4 is 5.32 Å². The molecule has 0 aromatic carbocycles. The molecule has 8 nitrogen and oxygen atoms in total. The number of anilines is 1. The molecule has 8 heteroatoms. The number of hydrogen-bond donors (Lipinski definition) is 1. The molecule has 0 unspecified atom stereocenters. The number of carbonyl (C=O) groups excluding carboxylic acids is 1. The lowest BCUT2D eigenvalue weighted by Crippen LogP contribution is -2.17. The molecule has 1 amide bonds. The van der Waals surface area contributed by atoms with Crippen molar-refractivity contribution in [3.8, 4) is 11.4 Å². The number of aryl methyl sites for hydroxylation is 1. The minimum absolute atomic E-state index is 0.265. The highest BCUT2D eigenvalue weighted by molar-refractivity contribution is 6.09. The molecular formula is C23H25N7O. The van der Waals surface area contributed by atoms with Gasteiger partial charge in [-0.25, -0.2) is 9.50 Å². The fraction of sp³-hybridized carbons (Fsp3) is 0.348. The third-order valence-corrected chi connectivity index (χ3v) is 6.02. The number of fused-ring (bicyclic) bond motifs is 1. The van der Waals surface area contributed by atoms with Crippen molar-refractivity contribution >= 4 is 17.2 Å². The van der Waals surface area contributed by atoms with Crippen molar-refractivity contribution in [1.82, 2.24) is 29.4 Å². The van der Waals surface area contributed by atoms with Crippen LogP contribution in [-0.4, -0.2) is 35.3 Å². The Bertz CT molecular complexity index is 1220. The Morgan fingerprint density at radius 1 is 1.13 bits per heavy atom. The maximum Gasteiger partial charge on any atom is 0.261 e. The zero-order valence-electron chi connectivity index (χ0n) is 17.7. The molecule has 4 heterocycles. The number of rotatable bonds is 4. The Balaban J connectivity index is 1.50. The summed E-state index contributed by atoms with van der Waals surface area (Å²) in [6.07, 6.45) is 13.3. The monoisotopic (exact) mass is 415 g/mol. The van der Waals surface area contributed by atoms with Gasteiger partial charge in [-0.3, -0.25) is 14.5 Å². The van der Waals surface area contributed by atoms with Crippen LogP contribution in [-0.2, 0) is 0 Å². The summed E-state index contributed by atoms with van der Waals surface area (Å²) in [6.45, 7) is 4.30. The molecule has 1 N–H and O–H groups in total. The molecule has 31 heavy (non-hydrogen) atoms. The second-order valence-corrected chi connectivity index (χ2v) is 8.41. The van der Waals surface area contributed by atoms with Crippen molar-refractivity contribution in [2.45, 2.75) is 45.6 Å². The number of nitrogens with zero attached hydrogens (tertiary/aromatic N) is 6. The SMILES string of the molecule is Cc1ccc(-c2nn([C@H]3CC[C@H](C)CC3)cc2NC(=O)c2cnn3cccnc23)nc1. The van der Waals surface area contributed by atoms with Gasteiger partial charge < -0.3 is 5.32 Å². The third-order valence-electron chi connectivity index (χ3n) is 6.02. The van der Waals surface area contributed by atoms with Gasteiger partial charge in [-0.15, -0.1) is 0 Å². The molecule has 1 fully saturated rings. The molecule has 5 rings (SSSR count). The van der Waals surface area contributed by atoms with Gasteiger partial charge in [0.15, 0.2) is 5.65 Å². The van der Waals surface area contributed by atoms with E-state index in [1.807, 2.05) is 36.1 Å². The molecule has 0 bridgehead atoms. The van der Waals surface area contributed by atoms with Crippen molar-refractivity contribution in [3.63, 3.8) is 0 Å². The summed E-state index contributed by atoms with van der Waals surface area (Å²) in [4.78, 5) is 21.9. The Kier molecular flexibility index (Phi) is 4.97. The number of carbonyl (C=O) groups is 1. The van der Waals surface area contributed by atoms with Crippen molar-refractivity contribution in [2.24, 2.45) is 5.92 Å². The van der Waals surface area contributed by atoms with Gasteiger partial charge in [0, 0.05) is 24.8 Å². The van der Waals surface area contributed by atoms with E-state index in [1.165, 1.54) is 19.0 Å². The number of aromatic nitrogens is 6. The first-order chi connectivity index (χ1) is 15.1. The van der Waals surface area contributed by atoms with Crippen LogP contribution in [0.1, 0.15) is 54.6 Å². The van der Waals surface area contributed by atoms with Crippen molar-refractivity contribution in [2.75, 3.05) is 5.32 Å². The predicted molar refractivity (Wildman–Crippen MR) is 118 cm³/mol. The topological polar surface area (TPSA) is 90.0 Å². The zero-order valence-corrected chi connectivity index (χ0v) is 17.7. The molecule has 158 valence electrons. The summed E-state index contributed by atoms with van der Waals surface area (Å²) >= 11 is 0. The van der Waals surface area contributed by atoms with Crippen molar-refractivity contribution in [3.05, 3.63) is 60.3 Å². The van der Waals surface area contributed by atoms with Gasteiger partial charge in [-0.1, -0.05) is 13.0 Å². The minimum atomic E-state index is -0.265. The summed E-state index contributed by atoms with van der Waals surface area (Å²) in [7, 11) is 0. The zero-order chi connectivity index (χ0) is 21.4. The van der Waals surface area contributed by atoms with E-state index in [0.717, 1.165) is 30.0 Å². The fourth-order valence-electron chi connectivity index (χ4n) is 4.15. The number of nitrogens with one attached hydrogen (secondary N) is 1. The summed E-state index contributed by atoms with van der Waals surface area (Å²) in [6, 6.07) is 6.06. The Morgan fingerprint density at radius 3 is 2.74 bits per heavy atom. The van der Waals surface area contributed by atoms with Gasteiger partial charge in [-0.2, -0.15) is 10.2 Å². The molecule has 1 aliphatic rings. The van der Waals surface area contributed by atoms with Gasteiger partial charge in [-0.05, 0) is 56.2 Å². The molecule has 0 atom stereocenters. The van der Waals surface area contributed by atoms with Crippen LogP contribution in [0.25, 0.3) is 17.0 Å². The normalized spacial score (nSPS) is 18.9. The first-order valence-electron chi connectivity index (χ1n) is 10.7. The first kappa shape index (κ1) is 19.4. The van der Waals surface area contributed by atoms with E-state index < -0.39 is 0 Å². The third kappa shape index (κ3) is 3.81. The van der Waals surface area contributed by atoms with E-state index in [4.69, 9.17) is 5.10 Å². The number of amides is 1. The summed E-state index contributed by atoms with van der Waals surface area (Å²) in [5.74, 6) is 0.492. The highest BCUT2D eigenvalue weighted by Crippen LogP contribution is 2.34. The highest BCUT2D eigenvalue weighted by atomic mass is 16.1. The van der Waals surface area contributed by atoms with E-state index in [2.05, 4.69) is 27.3 Å². The predicted octanol–water partition coefficient (Wildman–Crippen LogP) is 4.30. The molecule has 0 saturated heterocycles. The van der Waals surface area contributed by atoms with Gasteiger partial charge >= 0.3 is 0 Å². The Morgan fingerprint density at radius 2 is 1.97 bits per heavy atom. The second-order valence-electron chi connectivity index (χ2n) is 8.41. The van der Waals surface area contributed by atoms with E-state index in [-0.39, 0.29) is 5.91 Å². The maximum atomic E-state index is 13.1. The van der Waals surface area contributed by atoms with Crippen LogP contribution in [0, 0.1) is 12.8 Å². The molecule has 0 aliphatic heterocycles. The lowest BCUT2D eigenvalue weighted by Gasteiger charge is -2.26. The van der Waals surface area contributed by atoms with Crippen LogP contribution in [0.15, 0.2) is 49.2 Å². The second kappa shape index (κ2) is 7.94. The molecule has 1 saturated carbocycles. The number of pyridine rings is 1. The van der Waals surface area contributed by atoms with E-state index in [9.17, 15) is 4.79 Å². The number of hydrogen-bond acceptors (Lipinski definition) is 5. The van der Waals surface area contributed by atoms with Crippen LogP contribution in [0.3, 0.4) is 0 Å². The largest absolute Gasteiger partial charge is 0.319 e.